The lowest BCUT2D eigenvalue weighted by atomic mass is 10.0. The zero-order chi connectivity index (χ0) is 24.3. The minimum Gasteiger partial charge on any atom is -0.330 e. The predicted molar refractivity (Wildman–Crippen MR) is 132 cm³/mol. The highest BCUT2D eigenvalue weighted by atomic mass is 32.2. The zero-order valence-electron chi connectivity index (χ0n) is 19.2. The van der Waals surface area contributed by atoms with E-state index in [4.69, 9.17) is 0 Å². The lowest BCUT2D eigenvalue weighted by molar-refractivity contribution is 0.595. The fourth-order valence-electron chi connectivity index (χ4n) is 3.67. The maximum atomic E-state index is 15.1. The van der Waals surface area contributed by atoms with E-state index >= 15 is 4.39 Å². The highest BCUT2D eigenvalue weighted by Gasteiger charge is 2.25. The molecule has 34 heavy (non-hydrogen) atoms. The van der Waals surface area contributed by atoms with Gasteiger partial charge in [-0.05, 0) is 36.1 Å². The minimum absolute atomic E-state index is 0.0131. The summed E-state index contributed by atoms with van der Waals surface area (Å²) in [7, 11) is -3.97. The third-order valence-electron chi connectivity index (χ3n) is 5.22. The van der Waals surface area contributed by atoms with Gasteiger partial charge in [-0.15, -0.1) is 11.3 Å². The van der Waals surface area contributed by atoms with Gasteiger partial charge in [0, 0.05) is 47.2 Å². The summed E-state index contributed by atoms with van der Waals surface area (Å²) >= 11 is 1.19. The average molecular weight is 500 g/mol. The Morgan fingerprint density at radius 2 is 1.88 bits per heavy atom. The van der Waals surface area contributed by atoms with E-state index in [0.29, 0.717) is 29.2 Å². The van der Waals surface area contributed by atoms with E-state index in [2.05, 4.69) is 33.5 Å². The first-order valence-corrected chi connectivity index (χ1v) is 13.3. The molecule has 3 aromatic heterocycles. The first kappa shape index (κ1) is 24.0. The van der Waals surface area contributed by atoms with Crippen molar-refractivity contribution in [3.8, 4) is 11.1 Å². The highest BCUT2D eigenvalue weighted by Crippen LogP contribution is 2.37. The summed E-state index contributed by atoms with van der Waals surface area (Å²) in [4.78, 5) is 13.1. The lowest BCUT2D eigenvalue weighted by Gasteiger charge is -2.10. The van der Waals surface area contributed by atoms with Crippen LogP contribution in [0.3, 0.4) is 0 Å². The van der Waals surface area contributed by atoms with Crippen LogP contribution >= 0.6 is 11.3 Å². The molecule has 0 aliphatic carbocycles. The van der Waals surface area contributed by atoms with Crippen LogP contribution in [0.25, 0.3) is 11.1 Å². The van der Waals surface area contributed by atoms with E-state index < -0.39 is 15.8 Å². The van der Waals surface area contributed by atoms with Crippen molar-refractivity contribution in [1.29, 1.82) is 0 Å². The van der Waals surface area contributed by atoms with Crippen LogP contribution in [-0.2, 0) is 29.4 Å². The Hall–Kier alpha value is -3.11. The number of rotatable bonds is 9. The molecule has 0 fully saturated rings. The molecule has 4 aromatic rings. The molecule has 10 heteroatoms. The average Bonchev–Trinajstić information content (AvgIpc) is 3.42. The summed E-state index contributed by atoms with van der Waals surface area (Å²) < 4.78 is 46.1. The third-order valence-corrected chi connectivity index (χ3v) is 8.24. The number of nitrogens with one attached hydrogen (secondary N) is 1. The number of hydrogen-bond acceptors (Lipinski definition) is 6. The number of anilines is 1. The van der Waals surface area contributed by atoms with Crippen LogP contribution in [0.1, 0.15) is 37.0 Å². The SMILES string of the molecule is CCc1nccn1Cc1ccc(-c2cc(CC(C)C)sc2S(=O)(=O)Nc2ncccn2)cc1F. The van der Waals surface area contributed by atoms with E-state index in [1.807, 2.05) is 23.8 Å². The van der Waals surface area contributed by atoms with Crippen LogP contribution in [0.4, 0.5) is 10.3 Å². The summed E-state index contributed by atoms with van der Waals surface area (Å²) in [5.74, 6) is 0.810. The number of aromatic nitrogens is 4. The molecule has 4 rings (SSSR count). The van der Waals surface area contributed by atoms with Crippen LogP contribution in [0, 0.1) is 11.7 Å². The molecule has 0 atom stereocenters. The van der Waals surface area contributed by atoms with Crippen LogP contribution in [0.5, 0.6) is 0 Å². The predicted octanol–water partition coefficient (Wildman–Crippen LogP) is 5.15. The molecule has 178 valence electrons. The monoisotopic (exact) mass is 499 g/mol. The van der Waals surface area contributed by atoms with Crippen molar-refractivity contribution >= 4 is 27.3 Å². The van der Waals surface area contributed by atoms with Gasteiger partial charge in [-0.25, -0.2) is 32.5 Å². The third kappa shape index (κ3) is 5.34. The van der Waals surface area contributed by atoms with Gasteiger partial charge in [0.1, 0.15) is 15.9 Å². The zero-order valence-corrected chi connectivity index (χ0v) is 20.8. The molecule has 0 radical (unpaired) electrons. The van der Waals surface area contributed by atoms with Crippen molar-refractivity contribution in [3.63, 3.8) is 0 Å². The number of thiophene rings is 1. The van der Waals surface area contributed by atoms with Crippen molar-refractivity contribution in [2.45, 2.75) is 44.4 Å². The van der Waals surface area contributed by atoms with Gasteiger partial charge in [0.15, 0.2) is 0 Å². The van der Waals surface area contributed by atoms with Crippen molar-refractivity contribution < 1.29 is 12.8 Å². The van der Waals surface area contributed by atoms with Crippen LogP contribution < -0.4 is 4.72 Å². The van der Waals surface area contributed by atoms with Crippen LogP contribution in [0.15, 0.2) is 59.3 Å². The Bertz CT molecular complexity index is 1380. The molecule has 7 nitrogen and oxygen atoms in total. The van der Waals surface area contributed by atoms with E-state index in [1.54, 1.807) is 24.4 Å². The molecule has 0 saturated carbocycles. The highest BCUT2D eigenvalue weighted by molar-refractivity contribution is 7.94. The second kappa shape index (κ2) is 10.0. The second-order valence-electron chi connectivity index (χ2n) is 8.32. The van der Waals surface area contributed by atoms with Crippen molar-refractivity contribution in [2.24, 2.45) is 5.92 Å². The maximum absolute atomic E-state index is 15.1. The quantitative estimate of drug-likeness (QED) is 0.344. The van der Waals surface area contributed by atoms with E-state index in [9.17, 15) is 8.42 Å². The van der Waals surface area contributed by atoms with Gasteiger partial charge in [-0.2, -0.15) is 0 Å². The Morgan fingerprint density at radius 3 is 2.56 bits per heavy atom. The molecular weight excluding hydrogens is 473 g/mol. The molecule has 0 amide bonds. The number of imidazole rings is 1. The molecule has 1 aromatic carbocycles. The standard InChI is InChI=1S/C24H26FN5O2S2/c1-4-22-26-10-11-30(22)15-18-7-6-17(13-21(18)25)20-14-19(12-16(2)3)33-23(20)34(31,32)29-24-27-8-5-9-28-24/h5-11,13-14,16H,4,12,15H2,1-3H3,(H,27,28,29). The molecule has 0 aliphatic rings. The maximum Gasteiger partial charge on any atom is 0.274 e. The van der Waals surface area contributed by atoms with Crippen molar-refractivity contribution in [2.75, 3.05) is 4.72 Å². The lowest BCUT2D eigenvalue weighted by Crippen LogP contribution is -2.14. The van der Waals surface area contributed by atoms with Crippen LogP contribution in [0.2, 0.25) is 0 Å². The summed E-state index contributed by atoms with van der Waals surface area (Å²) in [5.41, 5.74) is 1.48. The molecule has 0 spiro atoms. The second-order valence-corrected chi connectivity index (χ2v) is 11.3. The van der Waals surface area contributed by atoms with Gasteiger partial charge in [-0.3, -0.25) is 0 Å². The number of nitrogens with zero attached hydrogens (tertiary/aromatic N) is 4. The first-order chi connectivity index (χ1) is 16.3. The fourth-order valence-corrected chi connectivity index (χ4v) is 6.58. The fraction of sp³-hybridized carbons (Fsp3) is 0.292. The topological polar surface area (TPSA) is 89.8 Å². The molecule has 0 aliphatic heterocycles. The number of benzene rings is 1. The minimum atomic E-state index is -3.97. The number of sulfonamides is 1. The number of hydrogen-bond donors (Lipinski definition) is 1. The first-order valence-electron chi connectivity index (χ1n) is 11.0. The van der Waals surface area contributed by atoms with Crippen molar-refractivity contribution in [3.05, 3.63) is 77.2 Å². The molecule has 0 saturated heterocycles. The molecule has 1 N–H and O–H groups in total. The number of halogens is 1. The summed E-state index contributed by atoms with van der Waals surface area (Å²) in [5, 5.41) is 0. The van der Waals surface area contributed by atoms with E-state index in [-0.39, 0.29) is 10.2 Å². The van der Waals surface area contributed by atoms with E-state index in [0.717, 1.165) is 23.5 Å². The summed E-state index contributed by atoms with van der Waals surface area (Å²) in [6, 6.07) is 8.31. The number of aryl methyl sites for hydroxylation is 1. The Morgan fingerprint density at radius 1 is 1.12 bits per heavy atom. The Kier molecular flexibility index (Phi) is 7.08. The van der Waals surface area contributed by atoms with Gasteiger partial charge in [0.2, 0.25) is 5.95 Å². The summed E-state index contributed by atoms with van der Waals surface area (Å²) in [6.07, 6.45) is 7.92. The van der Waals surface area contributed by atoms with Gasteiger partial charge in [0.05, 0.1) is 6.54 Å². The smallest absolute Gasteiger partial charge is 0.274 e. The normalized spacial score (nSPS) is 11.8. The van der Waals surface area contributed by atoms with Crippen LogP contribution in [-0.4, -0.2) is 27.9 Å². The van der Waals surface area contributed by atoms with Crippen molar-refractivity contribution in [1.82, 2.24) is 19.5 Å². The molecule has 0 bridgehead atoms. The Labute approximate surface area is 202 Å². The molecular formula is C24H26FN5O2S2. The summed E-state index contributed by atoms with van der Waals surface area (Å²) in [6.45, 7) is 6.49. The van der Waals surface area contributed by atoms with Gasteiger partial charge < -0.3 is 4.57 Å². The van der Waals surface area contributed by atoms with Gasteiger partial charge in [-0.1, -0.05) is 32.9 Å². The van der Waals surface area contributed by atoms with Gasteiger partial charge >= 0.3 is 0 Å². The molecule has 0 unspecified atom stereocenters. The van der Waals surface area contributed by atoms with E-state index in [1.165, 1.54) is 29.8 Å². The Balaban J connectivity index is 1.71. The largest absolute Gasteiger partial charge is 0.330 e. The van der Waals surface area contributed by atoms with Gasteiger partial charge in [0.25, 0.3) is 10.0 Å². The molecule has 3 heterocycles.